The van der Waals surface area contributed by atoms with Crippen LogP contribution in [-0.2, 0) is 0 Å². The summed E-state index contributed by atoms with van der Waals surface area (Å²) in [5.74, 6) is 0. The van der Waals surface area contributed by atoms with E-state index in [0.717, 1.165) is 11.4 Å². The van der Waals surface area contributed by atoms with Crippen LogP contribution < -0.4 is 4.57 Å². The molecule has 126 valence electrons. The first-order valence-corrected chi connectivity index (χ1v) is 7.89. The van der Waals surface area contributed by atoms with Crippen LogP contribution in [0.3, 0.4) is 0 Å². The van der Waals surface area contributed by atoms with Gasteiger partial charge in [-0.3, -0.25) is 0 Å². The number of halogens is 6. The Bertz CT molecular complexity index is 468. The van der Waals surface area contributed by atoms with Crippen LogP contribution in [0.15, 0.2) is 12.1 Å². The Morgan fingerprint density at radius 3 is 1.62 bits per heavy atom. The van der Waals surface area contributed by atoms with E-state index in [1.807, 2.05) is 37.5 Å². The molecule has 0 bridgehead atoms. The van der Waals surface area contributed by atoms with Gasteiger partial charge in [-0.05, 0) is 12.5 Å². The van der Waals surface area contributed by atoms with Gasteiger partial charge in [-0.1, -0.05) is 0 Å². The van der Waals surface area contributed by atoms with Crippen molar-refractivity contribution in [3.8, 4) is 0 Å². The van der Waals surface area contributed by atoms with Gasteiger partial charge in [0.2, 0.25) is 0 Å². The number of aliphatic hydroxyl groups is 2. The van der Waals surface area contributed by atoms with Crippen molar-refractivity contribution in [2.75, 3.05) is 6.61 Å². The molecule has 0 aromatic carbocycles. The molecule has 0 radical (unpaired) electrons. The number of aliphatic hydroxyl groups excluding tert-OH is 2. The van der Waals surface area contributed by atoms with Crippen molar-refractivity contribution in [3.63, 3.8) is 0 Å². The molecule has 0 saturated carbocycles. The van der Waals surface area contributed by atoms with Crippen LogP contribution in [0, 0.1) is 20.8 Å². The Hall–Kier alpha value is -0.920. The van der Waals surface area contributed by atoms with E-state index in [0.29, 0.717) is 6.42 Å². The van der Waals surface area contributed by atoms with Gasteiger partial charge in [0.15, 0.2) is 11.4 Å². The van der Waals surface area contributed by atoms with Crippen molar-refractivity contribution in [3.05, 3.63) is 29.1 Å². The topological polar surface area (TPSA) is 44.3 Å². The summed E-state index contributed by atoms with van der Waals surface area (Å²) in [6.45, 7) is 5.95. The molecule has 0 aliphatic rings. The zero-order chi connectivity index (χ0) is 17.1. The Morgan fingerprint density at radius 2 is 1.33 bits per heavy atom. The predicted octanol–water partition coefficient (Wildman–Crippen LogP) is 4.16. The zero-order valence-corrected chi connectivity index (χ0v) is 12.6. The monoisotopic (exact) mass is 341 g/mol. The van der Waals surface area contributed by atoms with Crippen molar-refractivity contribution >= 4 is 7.81 Å². The number of aromatic nitrogens is 1. The summed E-state index contributed by atoms with van der Waals surface area (Å²) >= 11 is 0. The Morgan fingerprint density at radius 1 is 1.00 bits per heavy atom. The quantitative estimate of drug-likeness (QED) is 0.493. The molecule has 21 heavy (non-hydrogen) atoms. The number of rotatable bonds is 3. The number of hydrogen-bond donors (Lipinski definition) is 2. The van der Waals surface area contributed by atoms with Crippen LogP contribution in [0.2, 0.25) is 0 Å². The average molecular weight is 341 g/mol. The van der Waals surface area contributed by atoms with Crippen molar-refractivity contribution in [1.29, 1.82) is 0 Å². The predicted molar refractivity (Wildman–Crippen MR) is 67.4 cm³/mol. The number of hydrogen-bond acceptors (Lipinski definition) is 2. The summed E-state index contributed by atoms with van der Waals surface area (Å²) in [4.78, 5) is 0. The van der Waals surface area contributed by atoms with Gasteiger partial charge < -0.3 is 10.2 Å². The second-order valence-corrected chi connectivity index (χ2v) is 6.55. The van der Waals surface area contributed by atoms with E-state index in [4.69, 9.17) is 5.11 Å². The first-order valence-electron chi connectivity index (χ1n) is 5.86. The van der Waals surface area contributed by atoms with E-state index >= 15 is 0 Å². The van der Waals surface area contributed by atoms with E-state index < -0.39 is 14.0 Å². The van der Waals surface area contributed by atoms with Crippen molar-refractivity contribution < 1.29 is 40.0 Å². The fourth-order valence-corrected chi connectivity index (χ4v) is 1.83. The SMILES string of the molecule is Cc1cc(C)[n+](C(O)CCO)c(C)c1.F[P-](F)(F)(F)(F)F. The molecule has 1 heterocycles. The fourth-order valence-electron chi connectivity index (χ4n) is 1.83. The standard InChI is InChI=1S/C11H18NO2.F6P/c1-8-6-9(2)12(10(3)7-8)11(14)4-5-13;1-7(2,3,4,5)6/h6-7,11,13-14H,4-5H2,1-3H3;/q+1;-1. The summed E-state index contributed by atoms with van der Waals surface area (Å²) in [7, 11) is -10.7. The van der Waals surface area contributed by atoms with Crippen molar-refractivity contribution in [1.82, 2.24) is 0 Å². The van der Waals surface area contributed by atoms with Crippen molar-refractivity contribution in [2.45, 2.75) is 33.4 Å². The van der Waals surface area contributed by atoms with Gasteiger partial charge in [0.1, 0.15) is 0 Å². The van der Waals surface area contributed by atoms with E-state index in [-0.39, 0.29) is 6.61 Å². The molecule has 1 aromatic heterocycles. The molecule has 0 spiro atoms. The van der Waals surface area contributed by atoms with Gasteiger partial charge in [0, 0.05) is 26.0 Å². The first-order chi connectivity index (χ1) is 9.01. The minimum atomic E-state index is -10.7. The van der Waals surface area contributed by atoms with Gasteiger partial charge in [-0.2, -0.15) is 4.57 Å². The van der Waals surface area contributed by atoms with Gasteiger partial charge in [-0.15, -0.1) is 0 Å². The normalized spacial score (nSPS) is 16.3. The molecule has 3 nitrogen and oxygen atoms in total. The molecule has 1 rings (SSSR count). The molecule has 1 aromatic rings. The second-order valence-electron chi connectivity index (χ2n) is 4.64. The molecule has 0 fully saturated rings. The van der Waals surface area contributed by atoms with E-state index in [1.165, 1.54) is 5.56 Å². The molecule has 1 atom stereocenters. The van der Waals surface area contributed by atoms with Gasteiger partial charge in [0.25, 0.3) is 6.23 Å². The molecule has 0 saturated heterocycles. The summed E-state index contributed by atoms with van der Waals surface area (Å²) in [5.41, 5.74) is 3.22. The van der Waals surface area contributed by atoms with Crippen LogP contribution in [0.1, 0.15) is 29.6 Å². The number of aryl methyl sites for hydroxylation is 3. The van der Waals surface area contributed by atoms with E-state index in [9.17, 15) is 30.3 Å². The molecule has 0 aliphatic carbocycles. The van der Waals surface area contributed by atoms with Crippen LogP contribution in [0.4, 0.5) is 25.2 Å². The molecule has 1 unspecified atom stereocenters. The molecule has 0 aliphatic heterocycles. The second kappa shape index (κ2) is 5.70. The van der Waals surface area contributed by atoms with Gasteiger partial charge in [-0.25, -0.2) is 0 Å². The summed E-state index contributed by atoms with van der Waals surface area (Å²) in [5, 5.41) is 18.5. The minimum absolute atomic E-state index is 0.000916. The third kappa shape index (κ3) is 11.4. The molecule has 0 amide bonds. The summed E-state index contributed by atoms with van der Waals surface area (Å²) in [6, 6.07) is 4.04. The average Bonchev–Trinajstić information content (AvgIpc) is 2.10. The third-order valence-corrected chi connectivity index (χ3v) is 2.32. The van der Waals surface area contributed by atoms with Crippen LogP contribution >= 0.6 is 7.81 Å². The summed E-state index contributed by atoms with van der Waals surface area (Å²) in [6.07, 6.45) is -0.254. The molecule has 2 N–H and O–H groups in total. The van der Waals surface area contributed by atoms with Crippen LogP contribution in [0.5, 0.6) is 0 Å². The Kier molecular flexibility index (Phi) is 5.45. The Balaban J connectivity index is 0.000000486. The molecular formula is C11H18F6NO2P. The number of nitrogens with zero attached hydrogens (tertiary/aromatic N) is 1. The van der Waals surface area contributed by atoms with Gasteiger partial charge in [0.05, 0.1) is 13.0 Å². The fraction of sp³-hybridized carbons (Fsp3) is 0.545. The zero-order valence-electron chi connectivity index (χ0n) is 11.7. The maximum atomic E-state index is 9.87. The third-order valence-electron chi connectivity index (χ3n) is 2.32. The van der Waals surface area contributed by atoms with Gasteiger partial charge >= 0.3 is 33.0 Å². The van der Waals surface area contributed by atoms with Crippen LogP contribution in [-0.4, -0.2) is 16.8 Å². The van der Waals surface area contributed by atoms with E-state index in [1.54, 1.807) is 0 Å². The Labute approximate surface area is 118 Å². The maximum absolute atomic E-state index is 10.7. The van der Waals surface area contributed by atoms with Crippen LogP contribution in [0.25, 0.3) is 0 Å². The number of pyridine rings is 1. The van der Waals surface area contributed by atoms with E-state index in [2.05, 4.69) is 0 Å². The molecule has 10 heteroatoms. The first kappa shape index (κ1) is 20.1. The summed E-state index contributed by atoms with van der Waals surface area (Å²) < 4.78 is 61.0. The van der Waals surface area contributed by atoms with Crippen molar-refractivity contribution in [2.24, 2.45) is 0 Å². The molecular weight excluding hydrogens is 323 g/mol.